The lowest BCUT2D eigenvalue weighted by atomic mass is 10.1. The van der Waals surface area contributed by atoms with E-state index in [0.29, 0.717) is 0 Å². The topological polar surface area (TPSA) is 61.6 Å². The molecule has 33 heavy (non-hydrogen) atoms. The molecule has 1 aliphatic rings. The fourth-order valence-corrected chi connectivity index (χ4v) is 4.97. The third-order valence-electron chi connectivity index (χ3n) is 5.56. The van der Waals surface area contributed by atoms with Crippen LogP contribution in [0, 0.1) is 5.82 Å². The number of imidazole rings is 1. The second kappa shape index (κ2) is 8.72. The van der Waals surface area contributed by atoms with E-state index in [1.807, 2.05) is 29.0 Å². The molecule has 0 saturated carbocycles. The summed E-state index contributed by atoms with van der Waals surface area (Å²) in [4.78, 5) is 14.6. The molecule has 7 nitrogen and oxygen atoms in total. The quantitative estimate of drug-likeness (QED) is 0.468. The van der Waals surface area contributed by atoms with Crippen molar-refractivity contribution < 1.29 is 4.39 Å². The number of hydrogen-bond acceptors (Lipinski definition) is 7. The van der Waals surface area contributed by atoms with Gasteiger partial charge in [-0.1, -0.05) is 29.5 Å². The Hall–Kier alpha value is -3.04. The summed E-state index contributed by atoms with van der Waals surface area (Å²) in [6.45, 7) is 11.0. The summed E-state index contributed by atoms with van der Waals surface area (Å²) in [6, 6.07) is 10.7. The summed E-state index contributed by atoms with van der Waals surface area (Å²) < 4.78 is 15.8. The maximum atomic E-state index is 13.9. The molecule has 1 saturated heterocycles. The van der Waals surface area contributed by atoms with Gasteiger partial charge in [0.05, 0.1) is 0 Å². The van der Waals surface area contributed by atoms with E-state index in [2.05, 4.69) is 46.9 Å². The Morgan fingerprint density at radius 1 is 1.09 bits per heavy atom. The van der Waals surface area contributed by atoms with Crippen LogP contribution in [0.25, 0.3) is 16.2 Å². The fourth-order valence-electron chi connectivity index (χ4n) is 4.02. The SMILES string of the molecule is CC(C)(C)Nc1c(-c2cccc(F)c2)nc2sc(N3CCN(Cc4cccnc4)CC3)nn12. The fraction of sp³-hybridized carbons (Fsp3) is 0.375. The third kappa shape index (κ3) is 4.84. The lowest BCUT2D eigenvalue weighted by Gasteiger charge is -2.34. The lowest BCUT2D eigenvalue weighted by Crippen LogP contribution is -2.46. The molecule has 0 bridgehead atoms. The van der Waals surface area contributed by atoms with E-state index in [1.54, 1.807) is 17.4 Å². The van der Waals surface area contributed by atoms with Crippen LogP contribution in [-0.4, -0.2) is 56.2 Å². The van der Waals surface area contributed by atoms with Crippen LogP contribution < -0.4 is 10.2 Å². The Balaban J connectivity index is 1.38. The highest BCUT2D eigenvalue weighted by Gasteiger charge is 2.25. The van der Waals surface area contributed by atoms with Crippen molar-refractivity contribution in [2.75, 3.05) is 36.4 Å². The molecule has 1 N–H and O–H groups in total. The van der Waals surface area contributed by atoms with Crippen LogP contribution >= 0.6 is 11.3 Å². The Morgan fingerprint density at radius 2 is 1.91 bits per heavy atom. The number of aromatic nitrogens is 4. The summed E-state index contributed by atoms with van der Waals surface area (Å²) in [7, 11) is 0. The van der Waals surface area contributed by atoms with Crippen LogP contribution in [0.2, 0.25) is 0 Å². The highest BCUT2D eigenvalue weighted by Crippen LogP contribution is 2.35. The lowest BCUT2D eigenvalue weighted by molar-refractivity contribution is 0.249. The number of rotatable bonds is 5. The van der Waals surface area contributed by atoms with Gasteiger partial charge in [0.1, 0.15) is 11.5 Å². The second-order valence-electron chi connectivity index (χ2n) is 9.40. The van der Waals surface area contributed by atoms with Gasteiger partial charge in [0.2, 0.25) is 10.1 Å². The van der Waals surface area contributed by atoms with Gasteiger partial charge in [0, 0.05) is 56.2 Å². The molecule has 0 spiro atoms. The number of halogens is 1. The molecule has 1 aliphatic heterocycles. The Morgan fingerprint density at radius 3 is 2.61 bits per heavy atom. The third-order valence-corrected chi connectivity index (χ3v) is 6.53. The first-order valence-corrected chi connectivity index (χ1v) is 12.0. The summed E-state index contributed by atoms with van der Waals surface area (Å²) in [5.74, 6) is 0.518. The number of benzene rings is 1. The molecular formula is C24H28FN7S. The Labute approximate surface area is 196 Å². The van der Waals surface area contributed by atoms with Crippen molar-refractivity contribution in [3.63, 3.8) is 0 Å². The Kier molecular flexibility index (Phi) is 5.76. The van der Waals surface area contributed by atoms with Crippen molar-refractivity contribution >= 4 is 27.2 Å². The van der Waals surface area contributed by atoms with Crippen molar-refractivity contribution in [3.8, 4) is 11.3 Å². The average Bonchev–Trinajstić information content (AvgIpc) is 3.33. The van der Waals surface area contributed by atoms with Crippen LogP contribution in [0.1, 0.15) is 26.3 Å². The summed E-state index contributed by atoms with van der Waals surface area (Å²) >= 11 is 1.57. The summed E-state index contributed by atoms with van der Waals surface area (Å²) in [6.07, 6.45) is 3.74. The van der Waals surface area contributed by atoms with Crippen molar-refractivity contribution in [2.45, 2.75) is 32.9 Å². The van der Waals surface area contributed by atoms with Crippen LogP contribution in [0.5, 0.6) is 0 Å². The molecule has 0 atom stereocenters. The van der Waals surface area contributed by atoms with Gasteiger partial charge in [0.25, 0.3) is 0 Å². The van der Waals surface area contributed by atoms with Gasteiger partial charge in [-0.15, -0.1) is 5.10 Å². The van der Waals surface area contributed by atoms with Gasteiger partial charge in [0.15, 0.2) is 5.82 Å². The van der Waals surface area contributed by atoms with Gasteiger partial charge < -0.3 is 10.2 Å². The van der Waals surface area contributed by atoms with Crippen LogP contribution in [0.15, 0.2) is 48.8 Å². The van der Waals surface area contributed by atoms with Crippen LogP contribution in [-0.2, 0) is 6.54 Å². The van der Waals surface area contributed by atoms with E-state index in [1.165, 1.54) is 17.7 Å². The second-order valence-corrected chi connectivity index (χ2v) is 10.3. The minimum absolute atomic E-state index is 0.195. The first kappa shape index (κ1) is 21.8. The predicted molar refractivity (Wildman–Crippen MR) is 131 cm³/mol. The van der Waals surface area contributed by atoms with Gasteiger partial charge in [-0.2, -0.15) is 4.52 Å². The monoisotopic (exact) mass is 465 g/mol. The van der Waals surface area contributed by atoms with Gasteiger partial charge in [-0.25, -0.2) is 9.37 Å². The first-order chi connectivity index (χ1) is 15.9. The largest absolute Gasteiger partial charge is 0.364 e. The van der Waals surface area contributed by atoms with E-state index in [-0.39, 0.29) is 11.4 Å². The van der Waals surface area contributed by atoms with Gasteiger partial charge >= 0.3 is 0 Å². The molecule has 3 aromatic heterocycles. The number of pyridine rings is 1. The minimum Gasteiger partial charge on any atom is -0.364 e. The maximum Gasteiger partial charge on any atom is 0.216 e. The van der Waals surface area contributed by atoms with E-state index < -0.39 is 0 Å². The van der Waals surface area contributed by atoms with Crippen molar-refractivity contribution in [2.24, 2.45) is 0 Å². The zero-order chi connectivity index (χ0) is 23.0. The predicted octanol–water partition coefficient (Wildman–Crippen LogP) is 4.52. The number of nitrogens with one attached hydrogen (secondary N) is 1. The van der Waals surface area contributed by atoms with Crippen molar-refractivity contribution in [1.82, 2.24) is 24.5 Å². The molecular weight excluding hydrogens is 437 g/mol. The number of piperazine rings is 1. The van der Waals surface area contributed by atoms with Gasteiger partial charge in [-0.05, 0) is 44.5 Å². The normalized spacial score (nSPS) is 15.3. The average molecular weight is 466 g/mol. The zero-order valence-corrected chi connectivity index (χ0v) is 19.9. The number of anilines is 2. The van der Waals surface area contributed by atoms with E-state index >= 15 is 0 Å². The van der Waals surface area contributed by atoms with Crippen molar-refractivity contribution in [1.29, 1.82) is 0 Å². The number of hydrogen-bond donors (Lipinski definition) is 1. The van der Waals surface area contributed by atoms with E-state index in [0.717, 1.165) is 59.9 Å². The molecule has 1 aromatic carbocycles. The molecule has 0 aliphatic carbocycles. The maximum absolute atomic E-state index is 13.9. The molecule has 1 fully saturated rings. The number of fused-ring (bicyclic) bond motifs is 1. The molecule has 9 heteroatoms. The molecule has 172 valence electrons. The highest BCUT2D eigenvalue weighted by atomic mass is 32.1. The number of nitrogens with zero attached hydrogens (tertiary/aromatic N) is 6. The van der Waals surface area contributed by atoms with Crippen LogP contribution in [0.4, 0.5) is 15.3 Å². The van der Waals surface area contributed by atoms with Crippen molar-refractivity contribution in [3.05, 3.63) is 60.2 Å². The first-order valence-electron chi connectivity index (χ1n) is 11.2. The highest BCUT2D eigenvalue weighted by molar-refractivity contribution is 7.20. The summed E-state index contributed by atoms with van der Waals surface area (Å²) in [5.41, 5.74) is 2.50. The minimum atomic E-state index is -0.275. The molecule has 0 unspecified atom stereocenters. The Bertz CT molecular complexity index is 1240. The standard InChI is InChI=1S/C24H28FN7S/c1-24(2,3)28-21-20(18-7-4-8-19(25)14-18)27-22-32(21)29-23(33-22)31-12-10-30(11-13-31)16-17-6-5-9-26-15-17/h4-9,14-15,28H,10-13,16H2,1-3H3. The molecule has 4 heterocycles. The molecule has 0 radical (unpaired) electrons. The van der Waals surface area contributed by atoms with Gasteiger partial charge in [-0.3, -0.25) is 9.88 Å². The van der Waals surface area contributed by atoms with Crippen LogP contribution in [0.3, 0.4) is 0 Å². The molecule has 4 aromatic rings. The molecule has 5 rings (SSSR count). The summed E-state index contributed by atoms with van der Waals surface area (Å²) in [5, 5.41) is 9.40. The zero-order valence-electron chi connectivity index (χ0n) is 19.1. The molecule has 0 amide bonds. The van der Waals surface area contributed by atoms with E-state index in [9.17, 15) is 4.39 Å². The van der Waals surface area contributed by atoms with E-state index in [4.69, 9.17) is 10.1 Å². The smallest absolute Gasteiger partial charge is 0.216 e.